The Labute approximate surface area is 111 Å². The van der Waals surface area contributed by atoms with Crippen LogP contribution < -0.4 is 0 Å². The SMILES string of the molecule is COCCN(CCCl)C(=O)c1cc(COC)on1. The van der Waals surface area contributed by atoms with E-state index in [1.807, 2.05) is 0 Å². The number of nitrogens with zero attached hydrogens (tertiary/aromatic N) is 2. The van der Waals surface area contributed by atoms with E-state index in [2.05, 4.69) is 5.16 Å². The zero-order valence-corrected chi connectivity index (χ0v) is 11.3. The van der Waals surface area contributed by atoms with Crippen LogP contribution in [-0.2, 0) is 16.1 Å². The number of amides is 1. The van der Waals surface area contributed by atoms with Crippen LogP contribution >= 0.6 is 11.6 Å². The third-order valence-electron chi connectivity index (χ3n) is 2.27. The Balaban J connectivity index is 2.67. The van der Waals surface area contributed by atoms with Crippen LogP contribution in [0.5, 0.6) is 0 Å². The van der Waals surface area contributed by atoms with Gasteiger partial charge in [0.2, 0.25) is 0 Å². The van der Waals surface area contributed by atoms with E-state index in [9.17, 15) is 4.79 Å². The van der Waals surface area contributed by atoms with Gasteiger partial charge in [0, 0.05) is 39.3 Å². The third kappa shape index (κ3) is 4.29. The Morgan fingerprint density at radius 3 is 2.83 bits per heavy atom. The molecule has 1 amide bonds. The predicted molar refractivity (Wildman–Crippen MR) is 65.7 cm³/mol. The van der Waals surface area contributed by atoms with Crippen LogP contribution in [0.2, 0.25) is 0 Å². The first-order valence-electron chi connectivity index (χ1n) is 5.51. The molecule has 0 aliphatic rings. The van der Waals surface area contributed by atoms with Crippen molar-refractivity contribution in [3.05, 3.63) is 17.5 Å². The van der Waals surface area contributed by atoms with Gasteiger partial charge in [-0.05, 0) is 0 Å². The maximum Gasteiger partial charge on any atom is 0.276 e. The molecule has 0 aliphatic heterocycles. The normalized spacial score (nSPS) is 10.6. The maximum atomic E-state index is 12.1. The molecule has 0 fully saturated rings. The summed E-state index contributed by atoms with van der Waals surface area (Å²) in [6.45, 7) is 1.64. The molecule has 1 rings (SSSR count). The lowest BCUT2D eigenvalue weighted by atomic mass is 10.3. The molecule has 1 heterocycles. The molecular formula is C11H17ClN2O4. The van der Waals surface area contributed by atoms with Crippen LogP contribution in [0.1, 0.15) is 16.2 Å². The summed E-state index contributed by atoms with van der Waals surface area (Å²) in [5.41, 5.74) is 0.253. The van der Waals surface area contributed by atoms with Crippen molar-refractivity contribution in [3.8, 4) is 0 Å². The van der Waals surface area contributed by atoms with E-state index >= 15 is 0 Å². The fourth-order valence-electron chi connectivity index (χ4n) is 1.40. The number of aromatic nitrogens is 1. The van der Waals surface area contributed by atoms with E-state index in [0.717, 1.165) is 0 Å². The monoisotopic (exact) mass is 276 g/mol. The summed E-state index contributed by atoms with van der Waals surface area (Å²) < 4.78 is 14.8. The molecular weight excluding hydrogens is 260 g/mol. The molecule has 0 unspecified atom stereocenters. The molecule has 0 radical (unpaired) electrons. The van der Waals surface area contributed by atoms with Crippen molar-refractivity contribution < 1.29 is 18.8 Å². The van der Waals surface area contributed by atoms with Gasteiger partial charge < -0.3 is 18.9 Å². The van der Waals surface area contributed by atoms with Crippen molar-refractivity contribution in [2.24, 2.45) is 0 Å². The third-order valence-corrected chi connectivity index (χ3v) is 2.44. The molecule has 0 N–H and O–H groups in total. The highest BCUT2D eigenvalue weighted by molar-refractivity contribution is 6.18. The fourth-order valence-corrected chi connectivity index (χ4v) is 1.61. The number of ether oxygens (including phenoxy) is 2. The summed E-state index contributed by atoms with van der Waals surface area (Å²) in [6, 6.07) is 1.57. The van der Waals surface area contributed by atoms with Gasteiger partial charge in [0.15, 0.2) is 11.5 Å². The lowest BCUT2D eigenvalue weighted by Gasteiger charge is -2.19. The van der Waals surface area contributed by atoms with Gasteiger partial charge >= 0.3 is 0 Å². The highest BCUT2D eigenvalue weighted by Gasteiger charge is 2.19. The minimum absolute atomic E-state index is 0.223. The Hall–Kier alpha value is -1.11. The Morgan fingerprint density at radius 1 is 1.44 bits per heavy atom. The van der Waals surface area contributed by atoms with Gasteiger partial charge in [0.25, 0.3) is 5.91 Å². The van der Waals surface area contributed by atoms with Crippen LogP contribution in [0.4, 0.5) is 0 Å². The largest absolute Gasteiger partial charge is 0.383 e. The zero-order valence-electron chi connectivity index (χ0n) is 10.5. The van der Waals surface area contributed by atoms with Crippen molar-refractivity contribution >= 4 is 17.5 Å². The lowest BCUT2D eigenvalue weighted by molar-refractivity contribution is 0.0697. The summed E-state index contributed by atoms with van der Waals surface area (Å²) >= 11 is 5.66. The number of halogens is 1. The van der Waals surface area contributed by atoms with Gasteiger partial charge in [-0.25, -0.2) is 0 Å². The van der Waals surface area contributed by atoms with Gasteiger partial charge in [-0.15, -0.1) is 11.6 Å². The smallest absolute Gasteiger partial charge is 0.276 e. The van der Waals surface area contributed by atoms with Gasteiger partial charge in [-0.3, -0.25) is 4.79 Å². The van der Waals surface area contributed by atoms with Crippen LogP contribution in [0.3, 0.4) is 0 Å². The van der Waals surface area contributed by atoms with E-state index in [0.29, 0.717) is 31.3 Å². The summed E-state index contributed by atoms with van der Waals surface area (Å²) in [5, 5.41) is 3.72. The van der Waals surface area contributed by atoms with E-state index in [4.69, 9.17) is 25.6 Å². The highest BCUT2D eigenvalue weighted by atomic mass is 35.5. The number of alkyl halides is 1. The number of methoxy groups -OCH3 is 2. The molecule has 0 saturated carbocycles. The molecule has 1 aromatic rings. The fraction of sp³-hybridized carbons (Fsp3) is 0.636. The predicted octanol–water partition coefficient (Wildman–Crippen LogP) is 1.15. The maximum absolute atomic E-state index is 12.1. The Kier molecular flexibility index (Phi) is 6.70. The highest BCUT2D eigenvalue weighted by Crippen LogP contribution is 2.08. The molecule has 0 aromatic carbocycles. The summed E-state index contributed by atoms with van der Waals surface area (Å²) in [7, 11) is 3.12. The van der Waals surface area contributed by atoms with Crippen molar-refractivity contribution in [1.82, 2.24) is 10.1 Å². The van der Waals surface area contributed by atoms with Gasteiger partial charge in [0.1, 0.15) is 6.61 Å². The second-order valence-corrected chi connectivity index (χ2v) is 3.96. The van der Waals surface area contributed by atoms with Crippen LogP contribution in [0.15, 0.2) is 10.6 Å². The molecule has 0 bridgehead atoms. The van der Waals surface area contributed by atoms with E-state index in [-0.39, 0.29) is 18.2 Å². The number of hydrogen-bond donors (Lipinski definition) is 0. The quantitative estimate of drug-likeness (QED) is 0.667. The van der Waals surface area contributed by atoms with E-state index in [1.165, 1.54) is 0 Å². The second kappa shape index (κ2) is 8.07. The van der Waals surface area contributed by atoms with Crippen LogP contribution in [0.25, 0.3) is 0 Å². The molecule has 102 valence electrons. The van der Waals surface area contributed by atoms with Gasteiger partial charge in [-0.1, -0.05) is 5.16 Å². The lowest BCUT2D eigenvalue weighted by Crippen LogP contribution is -2.35. The first kappa shape index (κ1) is 14.9. The Morgan fingerprint density at radius 2 is 2.22 bits per heavy atom. The van der Waals surface area contributed by atoms with Crippen LogP contribution in [-0.4, -0.2) is 55.8 Å². The van der Waals surface area contributed by atoms with Gasteiger partial charge in [0.05, 0.1) is 6.61 Å². The zero-order chi connectivity index (χ0) is 13.4. The van der Waals surface area contributed by atoms with Gasteiger partial charge in [-0.2, -0.15) is 0 Å². The molecule has 0 atom stereocenters. The number of carbonyl (C=O) groups excluding carboxylic acids is 1. The van der Waals surface area contributed by atoms with Crippen LogP contribution in [0, 0.1) is 0 Å². The molecule has 6 nitrogen and oxygen atoms in total. The number of rotatable bonds is 8. The number of hydrogen-bond acceptors (Lipinski definition) is 5. The molecule has 7 heteroatoms. The minimum Gasteiger partial charge on any atom is -0.383 e. The van der Waals surface area contributed by atoms with E-state index < -0.39 is 0 Å². The number of carbonyl (C=O) groups is 1. The summed E-state index contributed by atoms with van der Waals surface area (Å²) in [4.78, 5) is 13.7. The van der Waals surface area contributed by atoms with Crippen molar-refractivity contribution in [2.45, 2.75) is 6.61 Å². The Bertz CT molecular complexity index is 370. The average molecular weight is 277 g/mol. The second-order valence-electron chi connectivity index (χ2n) is 3.59. The molecule has 1 aromatic heterocycles. The average Bonchev–Trinajstić information content (AvgIpc) is 2.83. The minimum atomic E-state index is -0.223. The first-order valence-corrected chi connectivity index (χ1v) is 6.05. The standard InChI is InChI=1S/C11H17ClN2O4/c1-16-6-5-14(4-3-12)11(15)10-7-9(8-17-2)18-13-10/h7H,3-6,8H2,1-2H3. The topological polar surface area (TPSA) is 64.8 Å². The first-order chi connectivity index (χ1) is 8.72. The molecule has 0 saturated heterocycles. The summed E-state index contributed by atoms with van der Waals surface area (Å²) in [5.74, 6) is 0.648. The molecule has 18 heavy (non-hydrogen) atoms. The molecule has 0 spiro atoms. The van der Waals surface area contributed by atoms with E-state index in [1.54, 1.807) is 25.2 Å². The summed E-state index contributed by atoms with van der Waals surface area (Å²) in [6.07, 6.45) is 0. The van der Waals surface area contributed by atoms with Crippen molar-refractivity contribution in [3.63, 3.8) is 0 Å². The molecule has 0 aliphatic carbocycles. The van der Waals surface area contributed by atoms with Crippen molar-refractivity contribution in [1.29, 1.82) is 0 Å². The van der Waals surface area contributed by atoms with Crippen molar-refractivity contribution in [2.75, 3.05) is 39.8 Å².